The molecule has 1 aromatic rings. The molecule has 0 bridgehead atoms. The van der Waals surface area contributed by atoms with Crippen LogP contribution in [0.1, 0.15) is 37.3 Å². The molecule has 2 rings (SSSR count). The summed E-state index contributed by atoms with van der Waals surface area (Å²) in [5.74, 6) is 0.370. The summed E-state index contributed by atoms with van der Waals surface area (Å²) in [6.07, 6.45) is 4.39. The normalized spacial score (nSPS) is 17.5. The summed E-state index contributed by atoms with van der Waals surface area (Å²) in [5.41, 5.74) is 2.61. The first-order chi connectivity index (χ1) is 12.6. The van der Waals surface area contributed by atoms with E-state index in [2.05, 4.69) is 17.3 Å². The Hall–Kier alpha value is -1.60. The van der Waals surface area contributed by atoms with Gasteiger partial charge < -0.3 is 10.2 Å². The smallest absolute Gasteiger partial charge is 0.243 e. The zero-order chi connectivity index (χ0) is 20.2. The molecule has 0 aromatic heterocycles. The molecule has 1 N–H and O–H groups in total. The van der Waals surface area contributed by atoms with Crippen molar-refractivity contribution in [1.29, 1.82) is 0 Å². The van der Waals surface area contributed by atoms with Crippen LogP contribution < -0.4 is 9.62 Å². The van der Waals surface area contributed by atoms with E-state index in [1.54, 1.807) is 13.0 Å². The van der Waals surface area contributed by atoms with Gasteiger partial charge in [-0.15, -0.1) is 0 Å². The number of benzene rings is 1. The van der Waals surface area contributed by atoms with Gasteiger partial charge in [-0.05, 0) is 89.3 Å². The Morgan fingerprint density at radius 3 is 2.44 bits per heavy atom. The van der Waals surface area contributed by atoms with E-state index in [4.69, 9.17) is 0 Å². The highest BCUT2D eigenvalue weighted by molar-refractivity contribution is 7.92. The zero-order valence-electron chi connectivity index (χ0n) is 17.2. The predicted octanol–water partition coefficient (Wildman–Crippen LogP) is 2.31. The number of amides is 1. The van der Waals surface area contributed by atoms with Crippen LogP contribution in [0.3, 0.4) is 0 Å². The van der Waals surface area contributed by atoms with Crippen LogP contribution in [0.15, 0.2) is 18.2 Å². The topological polar surface area (TPSA) is 69.7 Å². The Kier molecular flexibility index (Phi) is 7.28. The summed E-state index contributed by atoms with van der Waals surface area (Å²) in [4.78, 5) is 14.9. The molecule has 152 valence electrons. The molecule has 7 heteroatoms. The lowest BCUT2D eigenvalue weighted by Crippen LogP contribution is -2.48. The molecular weight excluding hydrogens is 362 g/mol. The van der Waals surface area contributed by atoms with E-state index in [0.29, 0.717) is 18.2 Å². The van der Waals surface area contributed by atoms with Gasteiger partial charge in [0.25, 0.3) is 0 Å². The molecule has 0 spiro atoms. The number of sulfonamides is 1. The minimum Gasteiger partial charge on any atom is -0.354 e. The van der Waals surface area contributed by atoms with Gasteiger partial charge in [-0.3, -0.25) is 9.10 Å². The van der Waals surface area contributed by atoms with Crippen molar-refractivity contribution < 1.29 is 13.2 Å². The van der Waals surface area contributed by atoms with Crippen molar-refractivity contribution in [3.05, 3.63) is 29.3 Å². The molecule has 0 aliphatic carbocycles. The second-order valence-corrected chi connectivity index (χ2v) is 9.69. The third-order valence-corrected chi connectivity index (χ3v) is 6.77. The number of likely N-dealkylation sites (tertiary alicyclic amines) is 1. The molecule has 1 saturated heterocycles. The highest BCUT2D eigenvalue weighted by Gasteiger charge is 2.29. The minimum atomic E-state index is -3.58. The summed E-state index contributed by atoms with van der Waals surface area (Å²) in [7, 11) is -1.45. The van der Waals surface area contributed by atoms with E-state index >= 15 is 0 Å². The fourth-order valence-electron chi connectivity index (χ4n) is 3.57. The van der Waals surface area contributed by atoms with E-state index < -0.39 is 16.1 Å². The molecule has 0 unspecified atom stereocenters. The van der Waals surface area contributed by atoms with Crippen molar-refractivity contribution in [3.8, 4) is 0 Å². The number of piperidine rings is 1. The van der Waals surface area contributed by atoms with E-state index in [1.165, 1.54) is 4.31 Å². The number of hydrogen-bond donors (Lipinski definition) is 1. The average molecular weight is 396 g/mol. The average Bonchev–Trinajstić information content (AvgIpc) is 2.58. The molecule has 1 aromatic carbocycles. The highest BCUT2D eigenvalue weighted by Crippen LogP contribution is 2.24. The molecule has 0 saturated carbocycles. The number of carbonyl (C=O) groups excluding carboxylic acids is 1. The third kappa shape index (κ3) is 5.94. The summed E-state index contributed by atoms with van der Waals surface area (Å²) in [6.45, 7) is 8.34. The molecule has 6 nitrogen and oxygen atoms in total. The van der Waals surface area contributed by atoms with Gasteiger partial charge in [-0.25, -0.2) is 8.42 Å². The second-order valence-electron chi connectivity index (χ2n) is 7.83. The third-order valence-electron chi connectivity index (χ3n) is 5.52. The number of nitrogens with zero attached hydrogens (tertiary/aromatic N) is 2. The van der Waals surface area contributed by atoms with Crippen LogP contribution in [-0.2, 0) is 14.8 Å². The quantitative estimate of drug-likeness (QED) is 0.769. The Morgan fingerprint density at radius 1 is 1.26 bits per heavy atom. The zero-order valence-corrected chi connectivity index (χ0v) is 18.0. The number of hydrogen-bond acceptors (Lipinski definition) is 4. The van der Waals surface area contributed by atoms with Crippen LogP contribution >= 0.6 is 0 Å². The van der Waals surface area contributed by atoms with Crippen LogP contribution in [0.5, 0.6) is 0 Å². The Balaban J connectivity index is 2.01. The van der Waals surface area contributed by atoms with Crippen LogP contribution in [0.25, 0.3) is 0 Å². The van der Waals surface area contributed by atoms with Crippen molar-refractivity contribution in [3.63, 3.8) is 0 Å². The molecule has 1 fully saturated rings. The maximum atomic E-state index is 12.6. The van der Waals surface area contributed by atoms with Gasteiger partial charge in [0.15, 0.2) is 0 Å². The van der Waals surface area contributed by atoms with Gasteiger partial charge in [0, 0.05) is 6.54 Å². The van der Waals surface area contributed by atoms with E-state index in [-0.39, 0.29) is 5.91 Å². The van der Waals surface area contributed by atoms with Gasteiger partial charge in [0.1, 0.15) is 6.04 Å². The molecule has 0 radical (unpaired) electrons. The Labute approximate surface area is 164 Å². The first-order valence-electron chi connectivity index (χ1n) is 9.62. The fraction of sp³-hybridized carbons (Fsp3) is 0.650. The second kappa shape index (κ2) is 9.06. The van der Waals surface area contributed by atoms with Gasteiger partial charge in [0.05, 0.1) is 11.9 Å². The standard InChI is InChI=1S/C20H33N3O3S/c1-15-6-7-19(14-16(15)2)23(27(5,25)26)17(3)20(24)21-11-8-18-9-12-22(4)13-10-18/h6-7,14,17-18H,8-13H2,1-5H3,(H,21,24)/t17-/m0/s1. The Morgan fingerprint density at radius 2 is 1.89 bits per heavy atom. The molecule has 1 aliphatic heterocycles. The number of anilines is 1. The van der Waals surface area contributed by atoms with Crippen LogP contribution in [0.4, 0.5) is 5.69 Å². The summed E-state index contributed by atoms with van der Waals surface area (Å²) >= 11 is 0. The summed E-state index contributed by atoms with van der Waals surface area (Å²) in [5, 5.41) is 2.93. The van der Waals surface area contributed by atoms with Gasteiger partial charge >= 0.3 is 0 Å². The maximum absolute atomic E-state index is 12.6. The van der Waals surface area contributed by atoms with Gasteiger partial charge in [-0.1, -0.05) is 6.07 Å². The van der Waals surface area contributed by atoms with Gasteiger partial charge in [0.2, 0.25) is 15.9 Å². The van der Waals surface area contributed by atoms with E-state index in [9.17, 15) is 13.2 Å². The fourth-order valence-corrected chi connectivity index (χ4v) is 4.74. The number of rotatable bonds is 7. The van der Waals surface area contributed by atoms with Crippen molar-refractivity contribution in [1.82, 2.24) is 10.2 Å². The molecule has 1 aliphatic rings. The SMILES string of the molecule is Cc1ccc(N([C@@H](C)C(=O)NCCC2CCN(C)CC2)S(C)(=O)=O)cc1C. The van der Waals surface area contributed by atoms with Crippen molar-refractivity contribution >= 4 is 21.6 Å². The first-order valence-corrected chi connectivity index (χ1v) is 11.5. The molecule has 27 heavy (non-hydrogen) atoms. The van der Waals surface area contributed by atoms with Gasteiger partial charge in [-0.2, -0.15) is 0 Å². The maximum Gasteiger partial charge on any atom is 0.243 e. The van der Waals surface area contributed by atoms with Crippen LogP contribution in [0.2, 0.25) is 0 Å². The molecule has 1 atom stereocenters. The molecular formula is C20H33N3O3S. The predicted molar refractivity (Wildman–Crippen MR) is 111 cm³/mol. The van der Waals surface area contributed by atoms with Crippen molar-refractivity contribution in [2.24, 2.45) is 5.92 Å². The Bertz CT molecular complexity index is 756. The lowest BCUT2D eigenvalue weighted by molar-refractivity contribution is -0.121. The van der Waals surface area contributed by atoms with Crippen molar-refractivity contribution in [2.75, 3.05) is 37.2 Å². The summed E-state index contributed by atoms with van der Waals surface area (Å²) < 4.78 is 25.9. The molecule has 1 amide bonds. The number of carbonyl (C=O) groups is 1. The number of aryl methyl sites for hydroxylation is 2. The van der Waals surface area contributed by atoms with Crippen LogP contribution in [-0.4, -0.2) is 58.2 Å². The lowest BCUT2D eigenvalue weighted by Gasteiger charge is -2.30. The summed E-state index contributed by atoms with van der Waals surface area (Å²) in [6, 6.07) is 4.66. The van der Waals surface area contributed by atoms with E-state index in [0.717, 1.165) is 49.7 Å². The minimum absolute atomic E-state index is 0.258. The molecule has 1 heterocycles. The lowest BCUT2D eigenvalue weighted by atomic mass is 9.94. The van der Waals surface area contributed by atoms with E-state index in [1.807, 2.05) is 26.0 Å². The number of nitrogens with one attached hydrogen (secondary N) is 1. The first kappa shape index (κ1) is 21.7. The largest absolute Gasteiger partial charge is 0.354 e. The highest BCUT2D eigenvalue weighted by atomic mass is 32.2. The van der Waals surface area contributed by atoms with Crippen molar-refractivity contribution in [2.45, 2.75) is 46.1 Å². The van der Waals surface area contributed by atoms with Crippen LogP contribution in [0, 0.1) is 19.8 Å². The monoisotopic (exact) mass is 395 g/mol.